The predicted molar refractivity (Wildman–Crippen MR) is 95.0 cm³/mol. The van der Waals surface area contributed by atoms with E-state index in [2.05, 4.69) is 0 Å². The van der Waals surface area contributed by atoms with Crippen LogP contribution in [0.4, 0.5) is 0 Å². The Bertz CT molecular complexity index is 817. The monoisotopic (exact) mass is 406 g/mol. The van der Waals surface area contributed by atoms with Crippen molar-refractivity contribution >= 4 is 0 Å². The number of hydrogen-bond donors (Lipinski definition) is 0. The van der Waals surface area contributed by atoms with Gasteiger partial charge in [-0.3, -0.25) is 40.5 Å². The highest BCUT2D eigenvalue weighted by molar-refractivity contribution is 5.21. The molecule has 0 fully saturated rings. The van der Waals surface area contributed by atoms with E-state index < -0.39 is 44.2 Å². The molecule has 2 aromatic rings. The fraction of sp³-hybridized carbons (Fsp3) is 0.250. The summed E-state index contributed by atoms with van der Waals surface area (Å²) in [6.45, 7) is -2.51. The Hall–Kier alpha value is -4.00. The summed E-state index contributed by atoms with van der Waals surface area (Å²) in [5.41, 5.74) is -6.67. The number of benzene rings is 2. The largest absolute Gasteiger partial charge is 0.506 e. The molecular weight excluding hydrogens is 392 g/mol. The van der Waals surface area contributed by atoms with E-state index in [4.69, 9.17) is 4.74 Å². The molecule has 152 valence electrons. The Morgan fingerprint density at radius 1 is 0.586 bits per heavy atom. The fourth-order valence-corrected chi connectivity index (χ4v) is 2.68. The van der Waals surface area contributed by atoms with Gasteiger partial charge in [0.2, 0.25) is 0 Å². The summed E-state index contributed by atoms with van der Waals surface area (Å²) in [5.74, 6) is 0. The number of hydrogen-bond acceptors (Lipinski definition) is 9. The van der Waals surface area contributed by atoms with Gasteiger partial charge in [0.05, 0.1) is 0 Å². The lowest BCUT2D eigenvalue weighted by Gasteiger charge is -2.20. The lowest BCUT2D eigenvalue weighted by molar-refractivity contribution is -0.822. The van der Waals surface area contributed by atoms with Crippen LogP contribution in [0.25, 0.3) is 0 Å². The molecule has 29 heavy (non-hydrogen) atoms. The first kappa shape index (κ1) is 21.3. The van der Waals surface area contributed by atoms with Crippen LogP contribution in [0, 0.1) is 40.5 Å². The van der Waals surface area contributed by atoms with Crippen LogP contribution < -0.4 is 0 Å². The van der Waals surface area contributed by atoms with Crippen molar-refractivity contribution in [2.75, 3.05) is 13.2 Å². The molecule has 2 rings (SSSR count). The molecule has 13 heteroatoms. The van der Waals surface area contributed by atoms with E-state index in [1.807, 2.05) is 0 Å². The molecular formula is C16H14N4O9. The van der Waals surface area contributed by atoms with Gasteiger partial charge in [-0.25, -0.2) is 0 Å². The molecule has 0 amide bonds. The molecule has 13 nitrogen and oxygen atoms in total. The van der Waals surface area contributed by atoms with Crippen molar-refractivity contribution in [1.82, 2.24) is 0 Å². The zero-order valence-electron chi connectivity index (χ0n) is 14.7. The first-order valence-corrected chi connectivity index (χ1v) is 7.96. The van der Waals surface area contributed by atoms with Gasteiger partial charge in [0.15, 0.2) is 13.2 Å². The van der Waals surface area contributed by atoms with Gasteiger partial charge in [-0.05, 0) is 24.3 Å². The van der Waals surface area contributed by atoms with Gasteiger partial charge in [0, 0.05) is 0 Å². The summed E-state index contributed by atoms with van der Waals surface area (Å²) in [7, 11) is 0. The number of nitrogens with zero attached hydrogens (tertiary/aromatic N) is 4. The lowest BCUT2D eigenvalue weighted by Crippen LogP contribution is -2.51. The predicted octanol–water partition coefficient (Wildman–Crippen LogP) is 1.82. The van der Waals surface area contributed by atoms with Gasteiger partial charge in [-0.15, -0.1) is 0 Å². The molecule has 0 aliphatic carbocycles. The minimum atomic E-state index is -2.99. The SMILES string of the molecule is O=[N+]([O-])C(COCC(c1ccccc1)([N+](=O)[O-])[N+](=O)[O-])(c1ccccc1)[N+](=O)[O-]. The van der Waals surface area contributed by atoms with Crippen LogP contribution in [0.2, 0.25) is 0 Å². The summed E-state index contributed by atoms with van der Waals surface area (Å²) in [6.07, 6.45) is 0. The molecule has 0 radical (unpaired) electrons. The van der Waals surface area contributed by atoms with Gasteiger partial charge in [-0.1, -0.05) is 36.4 Å². The minimum absolute atomic E-state index is 0.345. The van der Waals surface area contributed by atoms with E-state index >= 15 is 0 Å². The fourth-order valence-electron chi connectivity index (χ4n) is 2.68. The lowest BCUT2D eigenvalue weighted by atomic mass is 10.0. The number of rotatable bonds is 10. The van der Waals surface area contributed by atoms with Crippen molar-refractivity contribution in [1.29, 1.82) is 0 Å². The number of nitro groups is 4. The van der Waals surface area contributed by atoms with Crippen molar-refractivity contribution in [3.63, 3.8) is 0 Å². The van der Waals surface area contributed by atoms with Gasteiger partial charge < -0.3 is 4.74 Å². The Balaban J connectivity index is 2.42. The Labute approximate surface area is 162 Å². The summed E-state index contributed by atoms with van der Waals surface area (Å²) >= 11 is 0. The molecule has 0 saturated heterocycles. The molecule has 0 heterocycles. The third-order valence-electron chi connectivity index (χ3n) is 4.29. The summed E-state index contributed by atoms with van der Waals surface area (Å²) in [5, 5.41) is 46.3. The summed E-state index contributed by atoms with van der Waals surface area (Å²) in [6, 6.07) is 12.8. The molecule has 0 unspecified atom stereocenters. The van der Waals surface area contributed by atoms with Crippen LogP contribution >= 0.6 is 0 Å². The molecule has 0 atom stereocenters. The van der Waals surface area contributed by atoms with Gasteiger partial charge in [-0.2, -0.15) is 0 Å². The second kappa shape index (κ2) is 8.35. The first-order chi connectivity index (χ1) is 13.7. The van der Waals surface area contributed by atoms with Crippen LogP contribution in [-0.2, 0) is 16.1 Å². The maximum absolute atomic E-state index is 11.6. The first-order valence-electron chi connectivity index (χ1n) is 7.96. The van der Waals surface area contributed by atoms with Crippen LogP contribution in [0.5, 0.6) is 0 Å². The Kier molecular flexibility index (Phi) is 6.13. The molecule has 0 aliphatic rings. The van der Waals surface area contributed by atoms with Crippen LogP contribution in [0.1, 0.15) is 11.1 Å². The Morgan fingerprint density at radius 2 is 0.862 bits per heavy atom. The van der Waals surface area contributed by atoms with Crippen molar-refractivity contribution in [3.8, 4) is 0 Å². The van der Waals surface area contributed by atoms with E-state index in [9.17, 15) is 40.5 Å². The molecule has 0 N–H and O–H groups in total. The molecule has 2 aromatic carbocycles. The average Bonchev–Trinajstić information content (AvgIpc) is 2.68. The smallest absolute Gasteiger partial charge is 0.350 e. The van der Waals surface area contributed by atoms with E-state index in [1.54, 1.807) is 0 Å². The van der Waals surface area contributed by atoms with E-state index in [-0.39, 0.29) is 11.1 Å². The van der Waals surface area contributed by atoms with Crippen molar-refractivity contribution < 1.29 is 24.4 Å². The maximum Gasteiger partial charge on any atom is 0.506 e. The standard InChI is InChI=1S/C16H14N4O9/c21-17(22)15(18(23)24,13-7-3-1-4-8-13)11-29-12-16(19(25)26,20(27)28)14-9-5-2-6-10-14/h1-10H,11-12H2. The van der Waals surface area contributed by atoms with Gasteiger partial charge in [0.25, 0.3) is 0 Å². The third-order valence-corrected chi connectivity index (χ3v) is 4.29. The van der Waals surface area contributed by atoms with Crippen LogP contribution in [0.3, 0.4) is 0 Å². The second-order valence-corrected chi connectivity index (χ2v) is 5.89. The highest BCUT2D eigenvalue weighted by atomic mass is 16.7. The summed E-state index contributed by atoms with van der Waals surface area (Å²) in [4.78, 5) is 41.5. The molecule has 0 saturated carbocycles. The normalized spacial score (nSPS) is 11.6. The number of ether oxygens (including phenoxy) is 1. The molecule has 0 aliphatic heterocycles. The molecule has 0 spiro atoms. The molecule has 0 aromatic heterocycles. The van der Waals surface area contributed by atoms with Gasteiger partial charge in [0.1, 0.15) is 30.8 Å². The second-order valence-electron chi connectivity index (χ2n) is 5.89. The van der Waals surface area contributed by atoms with Crippen molar-refractivity contribution in [2.24, 2.45) is 0 Å². The highest BCUT2D eigenvalue weighted by Gasteiger charge is 2.62. The quantitative estimate of drug-likeness (QED) is 0.322. The van der Waals surface area contributed by atoms with Crippen LogP contribution in [0.15, 0.2) is 60.7 Å². The summed E-state index contributed by atoms with van der Waals surface area (Å²) < 4.78 is 4.95. The highest BCUT2D eigenvalue weighted by Crippen LogP contribution is 2.30. The zero-order valence-corrected chi connectivity index (χ0v) is 14.7. The van der Waals surface area contributed by atoms with E-state index in [0.717, 1.165) is 24.3 Å². The van der Waals surface area contributed by atoms with E-state index in [0.29, 0.717) is 0 Å². The molecule has 0 bridgehead atoms. The van der Waals surface area contributed by atoms with Crippen molar-refractivity contribution in [2.45, 2.75) is 11.3 Å². The van der Waals surface area contributed by atoms with E-state index in [1.165, 1.54) is 36.4 Å². The average molecular weight is 406 g/mol. The topological polar surface area (TPSA) is 182 Å². The Morgan fingerprint density at radius 3 is 1.10 bits per heavy atom. The van der Waals surface area contributed by atoms with Crippen molar-refractivity contribution in [3.05, 3.63) is 112 Å². The van der Waals surface area contributed by atoms with Gasteiger partial charge >= 0.3 is 11.3 Å². The maximum atomic E-state index is 11.6. The minimum Gasteiger partial charge on any atom is -0.350 e. The zero-order chi connectivity index (χ0) is 21.7. The third kappa shape index (κ3) is 3.70. The van der Waals surface area contributed by atoms with Crippen LogP contribution in [-0.4, -0.2) is 32.9 Å².